The fourth-order valence-corrected chi connectivity index (χ4v) is 3.49. The number of imidazole rings is 1. The van der Waals surface area contributed by atoms with Gasteiger partial charge in [0.15, 0.2) is 0 Å². The summed E-state index contributed by atoms with van der Waals surface area (Å²) in [5, 5.41) is 4.22. The Balaban J connectivity index is 1.46. The predicted octanol–water partition coefficient (Wildman–Crippen LogP) is 5.36. The van der Waals surface area contributed by atoms with Crippen molar-refractivity contribution in [3.8, 4) is 11.3 Å². The first kappa shape index (κ1) is 17.8. The molecule has 0 amide bonds. The highest BCUT2D eigenvalue weighted by Crippen LogP contribution is 2.25. The Morgan fingerprint density at radius 1 is 0.933 bits per heavy atom. The third-order valence-corrected chi connectivity index (χ3v) is 4.90. The Labute approximate surface area is 173 Å². The molecule has 0 aliphatic rings. The van der Waals surface area contributed by atoms with Crippen LogP contribution in [0.4, 0.5) is 5.69 Å². The SMILES string of the molecule is O=C(/C=C\Nc1ccc2ncccc2c1)c1c(-c2ccccc2)nc2ccccn12. The average molecular weight is 390 g/mol. The predicted molar refractivity (Wildman–Crippen MR) is 119 cm³/mol. The second-order valence-electron chi connectivity index (χ2n) is 6.86. The van der Waals surface area contributed by atoms with E-state index < -0.39 is 0 Å². The van der Waals surface area contributed by atoms with Crippen LogP contribution in [0.2, 0.25) is 0 Å². The molecule has 3 heterocycles. The minimum Gasteiger partial charge on any atom is -0.362 e. The highest BCUT2D eigenvalue weighted by atomic mass is 16.1. The van der Waals surface area contributed by atoms with Gasteiger partial charge in [0, 0.05) is 41.3 Å². The van der Waals surface area contributed by atoms with Gasteiger partial charge in [-0.15, -0.1) is 0 Å². The Morgan fingerprint density at radius 2 is 1.80 bits per heavy atom. The van der Waals surface area contributed by atoms with Crippen LogP contribution in [0.1, 0.15) is 10.5 Å². The quantitative estimate of drug-likeness (QED) is 0.324. The van der Waals surface area contributed by atoms with Gasteiger partial charge in [-0.1, -0.05) is 42.5 Å². The molecule has 5 rings (SSSR count). The molecule has 0 fully saturated rings. The molecule has 0 atom stereocenters. The first-order valence-electron chi connectivity index (χ1n) is 9.64. The van der Waals surface area contributed by atoms with Crippen LogP contribution in [0.5, 0.6) is 0 Å². The van der Waals surface area contributed by atoms with E-state index in [0.29, 0.717) is 11.4 Å². The first-order valence-corrected chi connectivity index (χ1v) is 9.64. The lowest BCUT2D eigenvalue weighted by Gasteiger charge is -2.04. The van der Waals surface area contributed by atoms with Crippen molar-refractivity contribution in [1.29, 1.82) is 0 Å². The van der Waals surface area contributed by atoms with Crippen LogP contribution in [0, 0.1) is 0 Å². The van der Waals surface area contributed by atoms with Crippen LogP contribution in [0.25, 0.3) is 27.8 Å². The number of hydrogen-bond acceptors (Lipinski definition) is 4. The first-order chi connectivity index (χ1) is 14.8. The molecule has 0 saturated carbocycles. The number of rotatable bonds is 5. The lowest BCUT2D eigenvalue weighted by molar-refractivity contribution is 0.104. The number of nitrogens with one attached hydrogen (secondary N) is 1. The minimum absolute atomic E-state index is 0.123. The number of allylic oxidation sites excluding steroid dienone is 1. The number of nitrogens with zero attached hydrogens (tertiary/aromatic N) is 3. The normalized spacial score (nSPS) is 11.3. The van der Waals surface area contributed by atoms with Gasteiger partial charge in [-0.3, -0.25) is 14.2 Å². The topological polar surface area (TPSA) is 59.3 Å². The second kappa shape index (κ2) is 7.64. The number of carbonyl (C=O) groups excluding carboxylic acids is 1. The smallest absolute Gasteiger partial charge is 0.206 e. The summed E-state index contributed by atoms with van der Waals surface area (Å²) in [4.78, 5) is 22.1. The number of carbonyl (C=O) groups is 1. The van der Waals surface area contributed by atoms with E-state index in [1.807, 2.05) is 89.5 Å². The highest BCUT2D eigenvalue weighted by Gasteiger charge is 2.18. The number of pyridine rings is 2. The van der Waals surface area contributed by atoms with E-state index in [-0.39, 0.29) is 5.78 Å². The molecule has 0 radical (unpaired) electrons. The summed E-state index contributed by atoms with van der Waals surface area (Å²) < 4.78 is 1.83. The zero-order valence-electron chi connectivity index (χ0n) is 16.1. The second-order valence-corrected chi connectivity index (χ2v) is 6.86. The van der Waals surface area contributed by atoms with Crippen LogP contribution in [0.3, 0.4) is 0 Å². The summed E-state index contributed by atoms with van der Waals surface area (Å²) in [5.74, 6) is -0.123. The molecule has 0 bridgehead atoms. The van der Waals surface area contributed by atoms with Crippen molar-refractivity contribution in [2.45, 2.75) is 0 Å². The lowest BCUT2D eigenvalue weighted by atomic mass is 10.1. The molecule has 1 N–H and O–H groups in total. The number of aromatic nitrogens is 3. The fourth-order valence-electron chi connectivity index (χ4n) is 3.49. The Bertz CT molecular complexity index is 1390. The van der Waals surface area contributed by atoms with Crippen molar-refractivity contribution in [3.05, 3.63) is 109 Å². The van der Waals surface area contributed by atoms with Gasteiger partial charge in [-0.05, 0) is 36.4 Å². The van der Waals surface area contributed by atoms with E-state index in [1.165, 1.54) is 6.08 Å². The minimum atomic E-state index is -0.123. The van der Waals surface area contributed by atoms with Gasteiger partial charge in [-0.2, -0.15) is 0 Å². The molecule has 5 nitrogen and oxygen atoms in total. The van der Waals surface area contributed by atoms with Gasteiger partial charge in [0.25, 0.3) is 0 Å². The molecule has 5 heteroatoms. The Kier molecular flexibility index (Phi) is 4.54. The maximum absolute atomic E-state index is 13.1. The molecule has 2 aromatic carbocycles. The molecular formula is C25H18N4O. The van der Waals surface area contributed by atoms with Crippen LogP contribution < -0.4 is 5.32 Å². The van der Waals surface area contributed by atoms with Crippen molar-refractivity contribution < 1.29 is 4.79 Å². The average Bonchev–Trinajstić information content (AvgIpc) is 3.19. The van der Waals surface area contributed by atoms with Crippen molar-refractivity contribution in [2.75, 3.05) is 5.32 Å². The van der Waals surface area contributed by atoms with Gasteiger partial charge in [-0.25, -0.2) is 4.98 Å². The highest BCUT2D eigenvalue weighted by molar-refractivity contribution is 6.08. The Hall–Kier alpha value is -4.25. The molecule has 0 unspecified atom stereocenters. The third kappa shape index (κ3) is 3.33. The molecule has 30 heavy (non-hydrogen) atoms. The van der Waals surface area contributed by atoms with Gasteiger partial charge in [0.2, 0.25) is 5.78 Å². The van der Waals surface area contributed by atoms with Crippen molar-refractivity contribution in [1.82, 2.24) is 14.4 Å². The number of ketones is 1. The number of benzene rings is 2. The fraction of sp³-hybridized carbons (Fsp3) is 0. The standard InChI is InChI=1S/C25H18N4O/c30-22(13-15-26-20-11-12-21-19(17-20)9-6-14-27-21)25-24(18-7-2-1-3-8-18)28-23-10-4-5-16-29(23)25/h1-17,26H/b15-13-. The molecule has 0 aliphatic carbocycles. The van der Waals surface area contributed by atoms with Gasteiger partial charge >= 0.3 is 0 Å². The zero-order valence-corrected chi connectivity index (χ0v) is 16.1. The van der Waals surface area contributed by atoms with E-state index in [2.05, 4.69) is 15.3 Å². The maximum atomic E-state index is 13.1. The summed E-state index contributed by atoms with van der Waals surface area (Å²) in [6.07, 6.45) is 6.83. The summed E-state index contributed by atoms with van der Waals surface area (Å²) in [6, 6.07) is 25.3. The molecule has 0 aliphatic heterocycles. The van der Waals surface area contributed by atoms with E-state index >= 15 is 0 Å². The maximum Gasteiger partial charge on any atom is 0.206 e. The lowest BCUT2D eigenvalue weighted by Crippen LogP contribution is -2.03. The number of anilines is 1. The van der Waals surface area contributed by atoms with Gasteiger partial charge < -0.3 is 5.32 Å². The van der Waals surface area contributed by atoms with Crippen LogP contribution in [-0.2, 0) is 0 Å². The van der Waals surface area contributed by atoms with E-state index in [9.17, 15) is 4.79 Å². The number of fused-ring (bicyclic) bond motifs is 2. The van der Waals surface area contributed by atoms with Crippen molar-refractivity contribution >= 4 is 28.0 Å². The van der Waals surface area contributed by atoms with Crippen molar-refractivity contribution in [2.24, 2.45) is 0 Å². The monoisotopic (exact) mass is 390 g/mol. The van der Waals surface area contributed by atoms with E-state index in [0.717, 1.165) is 27.8 Å². The molecule has 0 spiro atoms. The molecule has 5 aromatic rings. The van der Waals surface area contributed by atoms with Crippen LogP contribution >= 0.6 is 0 Å². The molecule has 3 aromatic heterocycles. The zero-order chi connectivity index (χ0) is 20.3. The molecule has 144 valence electrons. The summed E-state index contributed by atoms with van der Waals surface area (Å²) >= 11 is 0. The summed E-state index contributed by atoms with van der Waals surface area (Å²) in [6.45, 7) is 0. The van der Waals surface area contributed by atoms with Gasteiger partial charge in [0.05, 0.1) is 5.52 Å². The van der Waals surface area contributed by atoms with E-state index in [4.69, 9.17) is 0 Å². The summed E-state index contributed by atoms with van der Waals surface area (Å²) in [7, 11) is 0. The molecule has 0 saturated heterocycles. The third-order valence-electron chi connectivity index (χ3n) is 4.90. The van der Waals surface area contributed by atoms with Gasteiger partial charge in [0.1, 0.15) is 17.0 Å². The summed E-state index contributed by atoms with van der Waals surface area (Å²) in [5.41, 5.74) is 4.68. The molecular weight excluding hydrogens is 372 g/mol. The van der Waals surface area contributed by atoms with Crippen molar-refractivity contribution in [3.63, 3.8) is 0 Å². The van der Waals surface area contributed by atoms with Crippen LogP contribution in [0.15, 0.2) is 104 Å². The number of hydrogen-bond donors (Lipinski definition) is 1. The van der Waals surface area contributed by atoms with E-state index in [1.54, 1.807) is 12.4 Å². The van der Waals surface area contributed by atoms with Crippen LogP contribution in [-0.4, -0.2) is 20.2 Å². The largest absolute Gasteiger partial charge is 0.362 e. The Morgan fingerprint density at radius 3 is 2.70 bits per heavy atom.